The highest BCUT2D eigenvalue weighted by atomic mass is 32.2. The number of anilines is 1. The summed E-state index contributed by atoms with van der Waals surface area (Å²) >= 11 is 1.52. The lowest BCUT2D eigenvalue weighted by molar-refractivity contribution is 0.102. The Labute approximate surface area is 174 Å². The molecule has 0 atom stereocenters. The maximum absolute atomic E-state index is 12.9. The minimum Gasteiger partial charge on any atom is -0.493 e. The van der Waals surface area contributed by atoms with E-state index in [1.165, 1.54) is 38.7 Å². The van der Waals surface area contributed by atoms with Crippen molar-refractivity contribution in [3.63, 3.8) is 0 Å². The number of ether oxygens (including phenoxy) is 3. The number of hydrogen-bond acceptors (Lipinski definition) is 6. The van der Waals surface area contributed by atoms with Gasteiger partial charge in [-0.3, -0.25) is 4.79 Å². The molecule has 0 fully saturated rings. The van der Waals surface area contributed by atoms with Crippen molar-refractivity contribution in [1.82, 2.24) is 4.98 Å². The molecule has 1 aromatic heterocycles. The van der Waals surface area contributed by atoms with Gasteiger partial charge in [-0.05, 0) is 17.7 Å². The molecule has 2 aromatic carbocycles. The van der Waals surface area contributed by atoms with Crippen molar-refractivity contribution in [3.05, 3.63) is 71.9 Å². The molecule has 29 heavy (non-hydrogen) atoms. The zero-order chi connectivity index (χ0) is 20.6. The molecular formula is C22H22N2O4S. The fraction of sp³-hybridized carbons (Fsp3) is 0.182. The van der Waals surface area contributed by atoms with Gasteiger partial charge in [-0.25, -0.2) is 4.98 Å². The summed E-state index contributed by atoms with van der Waals surface area (Å²) in [7, 11) is 4.59. The Bertz CT molecular complexity index is 955. The summed E-state index contributed by atoms with van der Waals surface area (Å²) in [6.07, 6.45) is 1.68. The molecule has 0 spiro atoms. The van der Waals surface area contributed by atoms with Crippen LogP contribution in [0.1, 0.15) is 15.9 Å². The van der Waals surface area contributed by atoms with E-state index in [-0.39, 0.29) is 5.91 Å². The van der Waals surface area contributed by atoms with Crippen LogP contribution in [0.5, 0.6) is 17.2 Å². The van der Waals surface area contributed by atoms with Gasteiger partial charge in [-0.2, -0.15) is 0 Å². The molecule has 3 rings (SSSR count). The second kappa shape index (κ2) is 9.84. The summed E-state index contributed by atoms with van der Waals surface area (Å²) in [4.78, 5) is 17.3. The van der Waals surface area contributed by atoms with E-state index in [9.17, 15) is 4.79 Å². The van der Waals surface area contributed by atoms with Crippen LogP contribution in [-0.4, -0.2) is 32.2 Å². The van der Waals surface area contributed by atoms with Crippen molar-refractivity contribution in [2.75, 3.05) is 26.6 Å². The van der Waals surface area contributed by atoms with Gasteiger partial charge in [0.15, 0.2) is 11.5 Å². The molecule has 6 nitrogen and oxygen atoms in total. The largest absolute Gasteiger partial charge is 0.493 e. The van der Waals surface area contributed by atoms with Gasteiger partial charge < -0.3 is 19.5 Å². The van der Waals surface area contributed by atoms with E-state index in [2.05, 4.69) is 10.3 Å². The Morgan fingerprint density at radius 3 is 2.28 bits per heavy atom. The highest BCUT2D eigenvalue weighted by molar-refractivity contribution is 7.98. The van der Waals surface area contributed by atoms with Gasteiger partial charge in [0.05, 0.1) is 26.9 Å². The normalized spacial score (nSPS) is 10.3. The van der Waals surface area contributed by atoms with Crippen LogP contribution in [0.2, 0.25) is 0 Å². The Hall–Kier alpha value is -3.19. The molecule has 0 saturated carbocycles. The summed E-state index contributed by atoms with van der Waals surface area (Å²) in [6.45, 7) is 0. The van der Waals surface area contributed by atoms with Crippen LogP contribution in [0.4, 0.5) is 5.69 Å². The van der Waals surface area contributed by atoms with Crippen molar-refractivity contribution >= 4 is 23.4 Å². The molecule has 0 radical (unpaired) electrons. The summed E-state index contributed by atoms with van der Waals surface area (Å²) < 4.78 is 16.0. The van der Waals surface area contributed by atoms with Gasteiger partial charge in [0.25, 0.3) is 5.91 Å². The molecular weight excluding hydrogens is 388 g/mol. The molecule has 0 aliphatic rings. The van der Waals surface area contributed by atoms with Crippen molar-refractivity contribution in [2.24, 2.45) is 0 Å². The van der Waals surface area contributed by atoms with Crippen LogP contribution >= 0.6 is 11.8 Å². The van der Waals surface area contributed by atoms with Crippen LogP contribution in [0.25, 0.3) is 0 Å². The van der Waals surface area contributed by atoms with E-state index in [1.54, 1.807) is 30.5 Å². The second-order valence-electron chi connectivity index (χ2n) is 6.00. The molecule has 1 N–H and O–H groups in total. The van der Waals surface area contributed by atoms with E-state index < -0.39 is 0 Å². The van der Waals surface area contributed by atoms with Crippen LogP contribution in [0.15, 0.2) is 65.8 Å². The molecule has 0 aliphatic carbocycles. The Morgan fingerprint density at radius 2 is 1.66 bits per heavy atom. The first-order chi connectivity index (χ1) is 14.2. The highest BCUT2D eigenvalue weighted by Crippen LogP contribution is 2.40. The van der Waals surface area contributed by atoms with Crippen molar-refractivity contribution in [2.45, 2.75) is 10.8 Å². The standard InChI is InChI=1S/C22H22N2O4S/c1-26-18-12-16(13-19(27-2)20(18)28-3)24-21(25)17-10-7-11-23-22(17)29-14-15-8-5-4-6-9-15/h4-13H,14H2,1-3H3,(H,24,25). The summed E-state index contributed by atoms with van der Waals surface area (Å²) in [6, 6.07) is 16.9. The van der Waals surface area contributed by atoms with E-state index in [1.807, 2.05) is 30.3 Å². The van der Waals surface area contributed by atoms with Crippen molar-refractivity contribution < 1.29 is 19.0 Å². The molecule has 1 amide bonds. The SMILES string of the molecule is COc1cc(NC(=O)c2cccnc2SCc2ccccc2)cc(OC)c1OC. The quantitative estimate of drug-likeness (QED) is 0.545. The summed E-state index contributed by atoms with van der Waals surface area (Å²) in [5.74, 6) is 1.86. The highest BCUT2D eigenvalue weighted by Gasteiger charge is 2.17. The van der Waals surface area contributed by atoms with Gasteiger partial charge in [0, 0.05) is 29.8 Å². The minimum absolute atomic E-state index is 0.261. The number of nitrogens with zero attached hydrogens (tertiary/aromatic N) is 1. The van der Waals surface area contributed by atoms with Crippen molar-refractivity contribution in [3.8, 4) is 17.2 Å². The number of aromatic nitrogens is 1. The van der Waals surface area contributed by atoms with E-state index in [0.717, 1.165) is 5.75 Å². The topological polar surface area (TPSA) is 69.7 Å². The van der Waals surface area contributed by atoms with Gasteiger partial charge in [-0.15, -0.1) is 11.8 Å². The third-order valence-corrected chi connectivity index (χ3v) is 5.23. The number of carbonyl (C=O) groups is 1. The fourth-order valence-corrected chi connectivity index (χ4v) is 3.70. The van der Waals surface area contributed by atoms with Crippen LogP contribution in [0.3, 0.4) is 0 Å². The predicted molar refractivity (Wildman–Crippen MR) is 114 cm³/mol. The van der Waals surface area contributed by atoms with Crippen LogP contribution < -0.4 is 19.5 Å². The lowest BCUT2D eigenvalue weighted by Crippen LogP contribution is -2.14. The number of thioether (sulfide) groups is 1. The lowest BCUT2D eigenvalue weighted by atomic mass is 10.2. The van der Waals surface area contributed by atoms with E-state index >= 15 is 0 Å². The predicted octanol–water partition coefficient (Wildman–Crippen LogP) is 4.65. The van der Waals surface area contributed by atoms with Gasteiger partial charge >= 0.3 is 0 Å². The minimum atomic E-state index is -0.261. The average Bonchev–Trinajstić information content (AvgIpc) is 2.77. The number of methoxy groups -OCH3 is 3. The summed E-state index contributed by atoms with van der Waals surface area (Å²) in [5, 5.41) is 3.56. The van der Waals surface area contributed by atoms with Gasteiger partial charge in [0.2, 0.25) is 5.75 Å². The third kappa shape index (κ3) is 5.00. The molecule has 0 aliphatic heterocycles. The maximum Gasteiger partial charge on any atom is 0.258 e. The molecule has 3 aromatic rings. The molecule has 0 saturated heterocycles. The van der Waals surface area contributed by atoms with E-state index in [0.29, 0.717) is 33.5 Å². The number of nitrogens with one attached hydrogen (secondary N) is 1. The number of benzene rings is 2. The Morgan fingerprint density at radius 1 is 0.966 bits per heavy atom. The zero-order valence-corrected chi connectivity index (χ0v) is 17.3. The first kappa shape index (κ1) is 20.5. The van der Waals surface area contributed by atoms with Gasteiger partial charge in [-0.1, -0.05) is 30.3 Å². The maximum atomic E-state index is 12.9. The zero-order valence-electron chi connectivity index (χ0n) is 16.5. The Balaban J connectivity index is 1.81. The first-order valence-corrected chi connectivity index (χ1v) is 9.88. The van der Waals surface area contributed by atoms with Gasteiger partial charge in [0.1, 0.15) is 5.03 Å². The summed E-state index contributed by atoms with van der Waals surface area (Å²) in [5.41, 5.74) is 2.20. The monoisotopic (exact) mass is 410 g/mol. The number of pyridine rings is 1. The lowest BCUT2D eigenvalue weighted by Gasteiger charge is -2.15. The van der Waals surface area contributed by atoms with Crippen LogP contribution in [-0.2, 0) is 5.75 Å². The Kier molecular flexibility index (Phi) is 6.97. The first-order valence-electron chi connectivity index (χ1n) is 8.89. The molecule has 150 valence electrons. The number of rotatable bonds is 8. The number of hydrogen-bond donors (Lipinski definition) is 1. The number of carbonyl (C=O) groups excluding carboxylic acids is 1. The molecule has 0 bridgehead atoms. The smallest absolute Gasteiger partial charge is 0.258 e. The average molecular weight is 410 g/mol. The van der Waals surface area contributed by atoms with Crippen molar-refractivity contribution in [1.29, 1.82) is 0 Å². The molecule has 1 heterocycles. The molecule has 7 heteroatoms. The third-order valence-electron chi connectivity index (χ3n) is 4.16. The van der Waals surface area contributed by atoms with E-state index in [4.69, 9.17) is 14.2 Å². The second-order valence-corrected chi connectivity index (χ2v) is 6.96. The molecule has 0 unspecified atom stereocenters. The van der Waals surface area contributed by atoms with Crippen LogP contribution in [0, 0.1) is 0 Å². The number of amides is 1. The fourth-order valence-electron chi connectivity index (χ4n) is 2.76.